The third-order valence-electron chi connectivity index (χ3n) is 4.45. The largest absolute Gasteiger partial charge is 0.363 e. The van der Waals surface area contributed by atoms with Crippen molar-refractivity contribution in [2.45, 2.75) is 32.7 Å². The molecule has 1 aliphatic rings. The summed E-state index contributed by atoms with van der Waals surface area (Å²) in [4.78, 5) is 41.2. The summed E-state index contributed by atoms with van der Waals surface area (Å²) in [5, 5.41) is 7.04. The molecule has 0 saturated carbocycles. The van der Waals surface area contributed by atoms with Gasteiger partial charge in [-0.25, -0.2) is 0 Å². The average Bonchev–Trinajstić information content (AvgIpc) is 3.09. The second-order valence-electron chi connectivity index (χ2n) is 6.85. The number of nitrogens with zero attached hydrogens (tertiary/aromatic N) is 3. The van der Waals surface area contributed by atoms with Crippen molar-refractivity contribution in [1.82, 2.24) is 10.3 Å². The molecule has 148 valence electrons. The van der Waals surface area contributed by atoms with E-state index in [-0.39, 0.29) is 6.42 Å². The molecule has 1 aromatic carbocycles. The first kappa shape index (κ1) is 20.1. The predicted octanol–water partition coefficient (Wildman–Crippen LogP) is 1.04. The molecule has 3 N–H and O–H groups in total. The smallest absolute Gasteiger partial charge is 0.348 e. The number of nitrogens with one attached hydrogen (secondary N) is 1. The Morgan fingerprint density at radius 1 is 1.10 bits per heavy atom. The fraction of sp³-hybridized carbons (Fsp3) is 0.238. The lowest BCUT2D eigenvalue weighted by atomic mass is 10.0. The molecule has 29 heavy (non-hydrogen) atoms. The van der Waals surface area contributed by atoms with E-state index >= 15 is 0 Å². The SMILES string of the molecule is CC1=N[N+](c2cccc(C)n2)=C(C(=O)NC(Cc2ccccc2)C(=O)C(N)=O)C1. The number of hydrazone groups is 1. The van der Waals surface area contributed by atoms with Crippen LogP contribution in [0.2, 0.25) is 0 Å². The Morgan fingerprint density at radius 2 is 1.83 bits per heavy atom. The van der Waals surface area contributed by atoms with Crippen LogP contribution >= 0.6 is 0 Å². The number of nitrogens with two attached hydrogens (primary N) is 1. The van der Waals surface area contributed by atoms with Gasteiger partial charge in [-0.15, -0.1) is 0 Å². The maximum absolute atomic E-state index is 13.0. The Balaban J connectivity index is 1.89. The molecule has 1 atom stereocenters. The average molecular weight is 392 g/mol. The molecule has 1 aromatic heterocycles. The van der Waals surface area contributed by atoms with E-state index in [1.165, 1.54) is 4.68 Å². The molecule has 2 heterocycles. The van der Waals surface area contributed by atoms with Gasteiger partial charge in [-0.05, 0) is 29.6 Å². The molecule has 2 amide bonds. The van der Waals surface area contributed by atoms with Gasteiger partial charge in [-0.2, -0.15) is 0 Å². The highest BCUT2D eigenvalue weighted by atomic mass is 16.2. The van der Waals surface area contributed by atoms with Crippen molar-refractivity contribution in [2.24, 2.45) is 10.8 Å². The van der Waals surface area contributed by atoms with Gasteiger partial charge in [0, 0.05) is 19.4 Å². The normalized spacial score (nSPS) is 14.3. The first-order chi connectivity index (χ1) is 13.8. The maximum Gasteiger partial charge on any atom is 0.348 e. The van der Waals surface area contributed by atoms with E-state index in [0.29, 0.717) is 18.0 Å². The number of Topliss-reactive ketones (excluding diaryl/α,β-unsaturated/α-hetero) is 1. The van der Waals surface area contributed by atoms with Crippen LogP contribution in [0.15, 0.2) is 53.6 Å². The second kappa shape index (κ2) is 8.55. The molecule has 0 spiro atoms. The highest BCUT2D eigenvalue weighted by Crippen LogP contribution is 2.16. The lowest BCUT2D eigenvalue weighted by molar-refractivity contribution is -0.445. The third kappa shape index (κ3) is 4.78. The topological polar surface area (TPSA) is 118 Å². The fourth-order valence-electron chi connectivity index (χ4n) is 3.07. The monoisotopic (exact) mass is 392 g/mol. The first-order valence-corrected chi connectivity index (χ1v) is 9.17. The number of aryl methyl sites for hydroxylation is 1. The van der Waals surface area contributed by atoms with Crippen molar-refractivity contribution in [3.05, 3.63) is 59.8 Å². The van der Waals surface area contributed by atoms with Crippen molar-refractivity contribution >= 4 is 34.8 Å². The summed E-state index contributed by atoms with van der Waals surface area (Å²) in [6, 6.07) is 13.4. The lowest BCUT2D eigenvalue weighted by Crippen LogP contribution is -2.50. The van der Waals surface area contributed by atoms with Gasteiger partial charge in [0.05, 0.1) is 12.1 Å². The number of benzene rings is 1. The molecule has 1 aliphatic heterocycles. The molecular formula is C21H22N5O3+. The van der Waals surface area contributed by atoms with Crippen molar-refractivity contribution in [1.29, 1.82) is 0 Å². The maximum atomic E-state index is 13.0. The van der Waals surface area contributed by atoms with E-state index in [4.69, 9.17) is 5.73 Å². The second-order valence-corrected chi connectivity index (χ2v) is 6.85. The van der Waals surface area contributed by atoms with Crippen LogP contribution in [0.4, 0.5) is 5.82 Å². The first-order valence-electron chi connectivity index (χ1n) is 9.17. The lowest BCUT2D eigenvalue weighted by Gasteiger charge is -2.16. The minimum absolute atomic E-state index is 0.157. The van der Waals surface area contributed by atoms with E-state index < -0.39 is 23.6 Å². The van der Waals surface area contributed by atoms with E-state index in [0.717, 1.165) is 17.0 Å². The number of hydrogen-bond donors (Lipinski definition) is 2. The number of ketones is 1. The number of pyridine rings is 1. The molecular weight excluding hydrogens is 370 g/mol. The van der Waals surface area contributed by atoms with Gasteiger partial charge in [-0.1, -0.05) is 40.1 Å². The van der Waals surface area contributed by atoms with Crippen molar-refractivity contribution in [3.8, 4) is 0 Å². The Labute approximate surface area is 168 Å². The van der Waals surface area contributed by atoms with E-state index in [9.17, 15) is 14.4 Å². The molecule has 1 unspecified atom stereocenters. The van der Waals surface area contributed by atoms with E-state index in [1.807, 2.05) is 49.4 Å². The zero-order valence-electron chi connectivity index (χ0n) is 16.3. The highest BCUT2D eigenvalue weighted by Gasteiger charge is 2.33. The predicted molar refractivity (Wildman–Crippen MR) is 108 cm³/mol. The Kier molecular flexibility index (Phi) is 5.92. The molecule has 3 rings (SSSR count). The van der Waals surface area contributed by atoms with Crippen LogP contribution in [-0.2, 0) is 20.8 Å². The summed E-state index contributed by atoms with van der Waals surface area (Å²) in [5.74, 6) is -1.93. The minimum Gasteiger partial charge on any atom is -0.363 e. The number of rotatable bonds is 7. The van der Waals surface area contributed by atoms with Crippen LogP contribution in [0.5, 0.6) is 0 Å². The van der Waals surface area contributed by atoms with Gasteiger partial charge in [0.15, 0.2) is 0 Å². The Morgan fingerprint density at radius 3 is 2.48 bits per heavy atom. The van der Waals surface area contributed by atoms with Crippen LogP contribution < -0.4 is 11.1 Å². The zero-order chi connectivity index (χ0) is 21.0. The van der Waals surface area contributed by atoms with E-state index in [1.54, 1.807) is 13.0 Å². The number of hydrogen-bond acceptors (Lipinski definition) is 5. The van der Waals surface area contributed by atoms with Crippen molar-refractivity contribution in [2.75, 3.05) is 0 Å². The fourth-order valence-corrected chi connectivity index (χ4v) is 3.07. The standard InChI is InChI=1S/C21H21N5O3/c1-13-7-6-10-18(23-13)26-17(11-14(2)25-26)21(29)24-16(19(27)20(22)28)12-15-8-4-3-5-9-15/h3-10,16H,11-12H2,1-2H3,(H2-,22,24,28,29)/p+1. The summed E-state index contributed by atoms with van der Waals surface area (Å²) in [6.45, 7) is 3.65. The highest BCUT2D eigenvalue weighted by molar-refractivity contribution is 6.43. The summed E-state index contributed by atoms with van der Waals surface area (Å²) in [6.07, 6.45) is 0.467. The third-order valence-corrected chi connectivity index (χ3v) is 4.45. The van der Waals surface area contributed by atoms with Gasteiger partial charge in [0.25, 0.3) is 11.8 Å². The molecule has 0 saturated heterocycles. The zero-order valence-corrected chi connectivity index (χ0v) is 16.3. The molecule has 0 radical (unpaired) electrons. The number of carbonyl (C=O) groups excluding carboxylic acids is 3. The summed E-state index contributed by atoms with van der Waals surface area (Å²) in [7, 11) is 0. The van der Waals surface area contributed by atoms with E-state index in [2.05, 4.69) is 15.4 Å². The molecule has 0 fully saturated rings. The van der Waals surface area contributed by atoms with Crippen LogP contribution in [0, 0.1) is 6.92 Å². The number of amides is 2. The van der Waals surface area contributed by atoms with Crippen molar-refractivity contribution < 1.29 is 19.1 Å². The van der Waals surface area contributed by atoms with Gasteiger partial charge in [0.2, 0.25) is 11.5 Å². The van der Waals surface area contributed by atoms with Crippen molar-refractivity contribution in [3.63, 3.8) is 0 Å². The molecule has 8 nitrogen and oxygen atoms in total. The summed E-state index contributed by atoms with van der Waals surface area (Å²) < 4.78 is 1.46. The van der Waals surface area contributed by atoms with Gasteiger partial charge in [-0.3, -0.25) is 14.4 Å². The molecule has 0 bridgehead atoms. The number of primary amides is 1. The van der Waals surface area contributed by atoms with Gasteiger partial charge < -0.3 is 11.1 Å². The van der Waals surface area contributed by atoms with Gasteiger partial charge in [0.1, 0.15) is 11.7 Å². The number of carbonyl (C=O) groups is 3. The Hall–Kier alpha value is -3.68. The van der Waals surface area contributed by atoms with Crippen LogP contribution in [0.3, 0.4) is 0 Å². The number of aromatic nitrogens is 1. The Bertz CT molecular complexity index is 1030. The molecule has 2 aromatic rings. The summed E-state index contributed by atoms with van der Waals surface area (Å²) >= 11 is 0. The van der Waals surface area contributed by atoms with Gasteiger partial charge >= 0.3 is 5.82 Å². The quantitative estimate of drug-likeness (QED) is 0.541. The minimum atomic E-state index is -1.09. The van der Waals surface area contributed by atoms with Crippen LogP contribution in [-0.4, -0.2) is 44.7 Å². The van der Waals surface area contributed by atoms with Crippen LogP contribution in [0.1, 0.15) is 24.6 Å². The van der Waals surface area contributed by atoms with Crippen LogP contribution in [0.25, 0.3) is 0 Å². The molecule has 8 heteroatoms. The molecule has 0 aliphatic carbocycles. The summed E-state index contributed by atoms with van der Waals surface area (Å²) in [5.41, 5.74) is 7.84.